The van der Waals surface area contributed by atoms with Crippen LogP contribution in [0.15, 0.2) is 36.7 Å². The molecule has 2 heterocycles. The van der Waals surface area contributed by atoms with Gasteiger partial charge in [0.1, 0.15) is 0 Å². The molecule has 1 aliphatic rings. The van der Waals surface area contributed by atoms with E-state index in [-0.39, 0.29) is 0 Å². The zero-order valence-corrected chi connectivity index (χ0v) is 24.0. The lowest BCUT2D eigenvalue weighted by molar-refractivity contribution is 0.302. The normalized spacial score (nSPS) is 18.3. The highest BCUT2D eigenvalue weighted by Gasteiger charge is 2.22. The molecular weight excluding hydrogens is 456 g/mol. The van der Waals surface area contributed by atoms with Crippen molar-refractivity contribution in [1.29, 1.82) is 0 Å². The number of imidazole rings is 1. The summed E-state index contributed by atoms with van der Waals surface area (Å²) in [5, 5.41) is 0. The molecule has 1 aromatic carbocycles. The van der Waals surface area contributed by atoms with E-state index in [1.807, 2.05) is 11.3 Å². The average Bonchev–Trinajstić information content (AvgIpc) is 3.48. The highest BCUT2D eigenvalue weighted by atomic mass is 32.1. The van der Waals surface area contributed by atoms with Gasteiger partial charge in [-0.15, -0.1) is 11.3 Å². The quantitative estimate of drug-likeness (QED) is 0.177. The number of aromatic nitrogens is 2. The van der Waals surface area contributed by atoms with Crippen LogP contribution < -0.4 is 0 Å². The molecule has 1 saturated carbocycles. The minimum Gasteiger partial charge on any atom is -0.297 e. The van der Waals surface area contributed by atoms with Crippen molar-refractivity contribution in [1.82, 2.24) is 9.38 Å². The van der Waals surface area contributed by atoms with E-state index < -0.39 is 0 Å². The van der Waals surface area contributed by atoms with Crippen LogP contribution in [-0.4, -0.2) is 9.38 Å². The van der Waals surface area contributed by atoms with Gasteiger partial charge in [-0.2, -0.15) is 0 Å². The van der Waals surface area contributed by atoms with Crippen molar-refractivity contribution >= 4 is 16.3 Å². The summed E-state index contributed by atoms with van der Waals surface area (Å²) in [5.41, 5.74) is 3.91. The number of hydrogen-bond donors (Lipinski definition) is 0. The highest BCUT2D eigenvalue weighted by molar-refractivity contribution is 7.17. The van der Waals surface area contributed by atoms with Crippen LogP contribution in [0, 0.1) is 5.92 Å². The molecule has 36 heavy (non-hydrogen) atoms. The molecule has 2 aromatic heterocycles. The SMILES string of the molecule is CCCCCCCCCC1CCC(c2ccc(-c3cn4cc(CCCCCCC)sc4n3)cc2)CC1. The molecule has 0 bridgehead atoms. The number of aryl methyl sites for hydroxylation is 1. The summed E-state index contributed by atoms with van der Waals surface area (Å²) in [6.07, 6.45) is 29.6. The van der Waals surface area contributed by atoms with E-state index in [0.29, 0.717) is 0 Å². The fraction of sp³-hybridized carbons (Fsp3) is 0.667. The summed E-state index contributed by atoms with van der Waals surface area (Å²) < 4.78 is 2.24. The van der Waals surface area contributed by atoms with Crippen LogP contribution in [0.25, 0.3) is 16.2 Å². The Morgan fingerprint density at radius 3 is 2.06 bits per heavy atom. The fourth-order valence-electron chi connectivity index (χ4n) is 6.10. The van der Waals surface area contributed by atoms with Crippen LogP contribution in [0.1, 0.15) is 139 Å². The Balaban J connectivity index is 1.19. The zero-order valence-electron chi connectivity index (χ0n) is 23.1. The van der Waals surface area contributed by atoms with Gasteiger partial charge < -0.3 is 0 Å². The minimum absolute atomic E-state index is 0.759. The number of nitrogens with zero attached hydrogens (tertiary/aromatic N) is 2. The molecule has 0 spiro atoms. The van der Waals surface area contributed by atoms with Crippen molar-refractivity contribution in [3.05, 3.63) is 47.1 Å². The topological polar surface area (TPSA) is 17.3 Å². The van der Waals surface area contributed by atoms with Crippen molar-refractivity contribution < 1.29 is 0 Å². The maximum absolute atomic E-state index is 4.95. The predicted octanol–water partition coefficient (Wildman–Crippen LogP) is 11.0. The van der Waals surface area contributed by atoms with Gasteiger partial charge in [0.25, 0.3) is 0 Å². The maximum atomic E-state index is 4.95. The smallest absolute Gasteiger partial charge is 0.194 e. The molecule has 0 atom stereocenters. The number of hydrogen-bond acceptors (Lipinski definition) is 2. The van der Waals surface area contributed by atoms with E-state index in [4.69, 9.17) is 4.98 Å². The lowest BCUT2D eigenvalue weighted by Crippen LogP contribution is -2.13. The van der Waals surface area contributed by atoms with Crippen LogP contribution in [0.4, 0.5) is 0 Å². The molecule has 3 heteroatoms. The second-order valence-corrected chi connectivity index (χ2v) is 12.5. The summed E-state index contributed by atoms with van der Waals surface area (Å²) in [6.45, 7) is 4.58. The van der Waals surface area contributed by atoms with Crippen molar-refractivity contribution in [3.8, 4) is 11.3 Å². The number of fused-ring (bicyclic) bond motifs is 1. The lowest BCUT2D eigenvalue weighted by atomic mass is 9.77. The molecule has 1 aliphatic carbocycles. The minimum atomic E-state index is 0.759. The summed E-state index contributed by atoms with van der Waals surface area (Å²) in [5.74, 6) is 1.74. The first kappa shape index (κ1) is 27.4. The zero-order chi connectivity index (χ0) is 25.0. The molecule has 0 N–H and O–H groups in total. The summed E-state index contributed by atoms with van der Waals surface area (Å²) >= 11 is 1.87. The van der Waals surface area contributed by atoms with Crippen LogP contribution in [-0.2, 0) is 6.42 Å². The third kappa shape index (κ3) is 8.20. The first-order chi connectivity index (χ1) is 17.8. The Kier molecular flexibility index (Phi) is 11.4. The van der Waals surface area contributed by atoms with Crippen molar-refractivity contribution in [3.63, 3.8) is 0 Å². The van der Waals surface area contributed by atoms with Gasteiger partial charge >= 0.3 is 0 Å². The monoisotopic (exact) mass is 506 g/mol. The average molecular weight is 507 g/mol. The Morgan fingerprint density at radius 2 is 1.39 bits per heavy atom. The molecule has 4 rings (SSSR count). The summed E-state index contributed by atoms with van der Waals surface area (Å²) in [6, 6.07) is 9.37. The molecule has 1 fully saturated rings. The first-order valence-corrected chi connectivity index (χ1v) is 16.2. The van der Waals surface area contributed by atoms with Gasteiger partial charge in [-0.1, -0.05) is 115 Å². The molecular formula is C33H50N2S. The van der Waals surface area contributed by atoms with Crippen molar-refractivity contribution in [2.24, 2.45) is 5.92 Å². The van der Waals surface area contributed by atoms with Gasteiger partial charge in [0, 0.05) is 22.8 Å². The van der Waals surface area contributed by atoms with E-state index in [2.05, 4.69) is 54.9 Å². The van der Waals surface area contributed by atoms with E-state index >= 15 is 0 Å². The van der Waals surface area contributed by atoms with Gasteiger partial charge in [0.05, 0.1) is 5.69 Å². The molecule has 198 valence electrons. The third-order valence-electron chi connectivity index (χ3n) is 8.47. The Labute approximate surface area is 224 Å². The Morgan fingerprint density at radius 1 is 0.750 bits per heavy atom. The third-order valence-corrected chi connectivity index (χ3v) is 9.53. The highest BCUT2D eigenvalue weighted by Crippen LogP contribution is 2.38. The maximum Gasteiger partial charge on any atom is 0.194 e. The van der Waals surface area contributed by atoms with Crippen LogP contribution in [0.3, 0.4) is 0 Å². The molecule has 3 aromatic rings. The first-order valence-electron chi connectivity index (χ1n) is 15.3. The van der Waals surface area contributed by atoms with Crippen molar-refractivity contribution in [2.75, 3.05) is 0 Å². The molecule has 0 aliphatic heterocycles. The largest absolute Gasteiger partial charge is 0.297 e. The van der Waals surface area contributed by atoms with Crippen molar-refractivity contribution in [2.45, 2.75) is 135 Å². The van der Waals surface area contributed by atoms with Gasteiger partial charge in [-0.25, -0.2) is 4.98 Å². The molecule has 0 amide bonds. The van der Waals surface area contributed by atoms with Gasteiger partial charge in [-0.3, -0.25) is 4.40 Å². The second-order valence-electron chi connectivity index (χ2n) is 11.4. The van der Waals surface area contributed by atoms with E-state index in [0.717, 1.165) is 22.5 Å². The Hall–Kier alpha value is -1.61. The van der Waals surface area contributed by atoms with Gasteiger partial charge in [0.2, 0.25) is 0 Å². The molecule has 0 unspecified atom stereocenters. The standard InChI is InChI=1S/C33H50N2S/c1-3-5-7-9-10-12-13-15-27-17-19-28(20-18-27)29-21-23-30(24-22-29)32-26-35-25-31(36-33(35)34-32)16-14-11-8-6-4-2/h21-28H,3-20H2,1-2H3. The Bertz CT molecular complexity index is 959. The number of rotatable bonds is 16. The van der Waals surface area contributed by atoms with Crippen LogP contribution in [0.2, 0.25) is 0 Å². The summed E-state index contributed by atoms with van der Waals surface area (Å²) in [7, 11) is 0. The van der Waals surface area contributed by atoms with E-state index in [9.17, 15) is 0 Å². The molecule has 0 radical (unpaired) electrons. The van der Waals surface area contributed by atoms with E-state index in [1.165, 1.54) is 126 Å². The number of benzene rings is 1. The van der Waals surface area contributed by atoms with Gasteiger partial charge in [0.15, 0.2) is 4.96 Å². The number of thiazole rings is 1. The van der Waals surface area contributed by atoms with Crippen LogP contribution >= 0.6 is 11.3 Å². The molecule has 2 nitrogen and oxygen atoms in total. The molecule has 0 saturated heterocycles. The van der Waals surface area contributed by atoms with Crippen LogP contribution in [0.5, 0.6) is 0 Å². The second kappa shape index (κ2) is 15.0. The predicted molar refractivity (Wildman–Crippen MR) is 158 cm³/mol. The van der Waals surface area contributed by atoms with Gasteiger partial charge in [-0.05, 0) is 55.9 Å². The number of unbranched alkanes of at least 4 members (excludes halogenated alkanes) is 10. The fourth-order valence-corrected chi connectivity index (χ4v) is 7.10. The van der Waals surface area contributed by atoms with E-state index in [1.54, 1.807) is 5.56 Å². The lowest BCUT2D eigenvalue weighted by Gasteiger charge is -2.29. The summed E-state index contributed by atoms with van der Waals surface area (Å²) in [4.78, 5) is 7.56.